The summed E-state index contributed by atoms with van der Waals surface area (Å²) in [5.74, 6) is 0.364. The van der Waals surface area contributed by atoms with Gasteiger partial charge in [0.1, 0.15) is 5.60 Å². The number of carbonyl (C=O) groups is 1. The quantitative estimate of drug-likeness (QED) is 0.683. The molecule has 1 aliphatic rings. The van der Waals surface area contributed by atoms with Gasteiger partial charge in [0.05, 0.1) is 4.92 Å². The van der Waals surface area contributed by atoms with E-state index in [4.69, 9.17) is 4.74 Å². The van der Waals surface area contributed by atoms with Gasteiger partial charge in [-0.1, -0.05) is 0 Å². The number of anilines is 1. The number of benzene rings is 1. The van der Waals surface area contributed by atoms with Gasteiger partial charge in [0.2, 0.25) is 0 Å². The van der Waals surface area contributed by atoms with Crippen LogP contribution in [0.5, 0.6) is 0 Å². The minimum Gasteiger partial charge on any atom is -0.444 e. The van der Waals surface area contributed by atoms with E-state index >= 15 is 0 Å². The molecule has 22 heavy (non-hydrogen) atoms. The molecule has 0 atom stereocenters. The summed E-state index contributed by atoms with van der Waals surface area (Å²) in [7, 11) is 0. The summed E-state index contributed by atoms with van der Waals surface area (Å²) < 4.78 is 5.29. The predicted octanol–water partition coefficient (Wildman–Crippen LogP) is 2.87. The van der Waals surface area contributed by atoms with Crippen LogP contribution in [0.15, 0.2) is 24.3 Å². The van der Waals surface area contributed by atoms with E-state index in [9.17, 15) is 14.9 Å². The zero-order chi connectivity index (χ0) is 16.3. The highest BCUT2D eigenvalue weighted by Gasteiger charge is 2.33. The summed E-state index contributed by atoms with van der Waals surface area (Å²) in [4.78, 5) is 23.6. The van der Waals surface area contributed by atoms with Crippen molar-refractivity contribution >= 4 is 17.5 Å². The summed E-state index contributed by atoms with van der Waals surface area (Å²) in [5, 5.41) is 13.8. The molecule has 0 bridgehead atoms. The molecule has 1 saturated heterocycles. The molecule has 7 heteroatoms. The largest absolute Gasteiger partial charge is 0.444 e. The second-order valence-electron chi connectivity index (χ2n) is 6.44. The molecule has 1 amide bonds. The molecule has 0 saturated carbocycles. The summed E-state index contributed by atoms with van der Waals surface area (Å²) >= 11 is 0. The van der Waals surface area contributed by atoms with Crippen molar-refractivity contribution in [2.75, 3.05) is 25.0 Å². The third-order valence-electron chi connectivity index (χ3n) is 3.28. The molecule has 1 aromatic rings. The summed E-state index contributed by atoms with van der Waals surface area (Å²) in [6.07, 6.45) is -0.279. The first kappa shape index (κ1) is 16.1. The van der Waals surface area contributed by atoms with Crippen LogP contribution in [0.25, 0.3) is 0 Å². The van der Waals surface area contributed by atoms with E-state index in [1.165, 1.54) is 12.1 Å². The maximum absolute atomic E-state index is 11.8. The first-order valence-corrected chi connectivity index (χ1v) is 7.21. The van der Waals surface area contributed by atoms with Gasteiger partial charge < -0.3 is 15.0 Å². The van der Waals surface area contributed by atoms with Gasteiger partial charge >= 0.3 is 6.09 Å². The Balaban J connectivity index is 1.72. The van der Waals surface area contributed by atoms with E-state index in [1.807, 2.05) is 20.8 Å². The summed E-state index contributed by atoms with van der Waals surface area (Å²) in [6.45, 7) is 7.58. The van der Waals surface area contributed by atoms with Crippen LogP contribution < -0.4 is 5.32 Å². The number of nitro benzene ring substituents is 1. The van der Waals surface area contributed by atoms with Crippen molar-refractivity contribution in [2.24, 2.45) is 5.92 Å². The number of rotatable bonds is 4. The maximum Gasteiger partial charge on any atom is 0.410 e. The number of hydrogen-bond donors (Lipinski definition) is 1. The van der Waals surface area contributed by atoms with E-state index < -0.39 is 10.5 Å². The minimum absolute atomic E-state index is 0.0743. The van der Waals surface area contributed by atoms with E-state index in [2.05, 4.69) is 5.32 Å². The molecule has 1 fully saturated rings. The van der Waals surface area contributed by atoms with Crippen LogP contribution in [0, 0.1) is 16.0 Å². The van der Waals surface area contributed by atoms with Gasteiger partial charge in [0.15, 0.2) is 0 Å². The van der Waals surface area contributed by atoms with E-state index in [0.29, 0.717) is 19.0 Å². The van der Waals surface area contributed by atoms with Crippen LogP contribution in [0.3, 0.4) is 0 Å². The number of nitrogens with one attached hydrogen (secondary N) is 1. The molecular weight excluding hydrogens is 286 g/mol. The van der Waals surface area contributed by atoms with Crippen molar-refractivity contribution < 1.29 is 14.5 Å². The van der Waals surface area contributed by atoms with Crippen molar-refractivity contribution in [2.45, 2.75) is 26.4 Å². The lowest BCUT2D eigenvalue weighted by Crippen LogP contribution is -2.53. The fraction of sp³-hybridized carbons (Fsp3) is 0.533. The molecule has 0 radical (unpaired) electrons. The number of hydrogen-bond acceptors (Lipinski definition) is 5. The summed E-state index contributed by atoms with van der Waals surface area (Å²) in [5.41, 5.74) is 0.436. The highest BCUT2D eigenvalue weighted by Crippen LogP contribution is 2.21. The fourth-order valence-electron chi connectivity index (χ4n) is 2.14. The van der Waals surface area contributed by atoms with Crippen LogP contribution in [0.1, 0.15) is 20.8 Å². The third kappa shape index (κ3) is 4.34. The van der Waals surface area contributed by atoms with Crippen molar-refractivity contribution in [1.29, 1.82) is 0 Å². The van der Waals surface area contributed by atoms with Gasteiger partial charge in [0.25, 0.3) is 5.69 Å². The number of amides is 1. The molecule has 1 aromatic carbocycles. The van der Waals surface area contributed by atoms with Crippen LogP contribution in [0.2, 0.25) is 0 Å². The Kier molecular flexibility index (Phi) is 4.54. The number of nitro groups is 1. The van der Waals surface area contributed by atoms with Crippen LogP contribution in [-0.2, 0) is 4.74 Å². The first-order chi connectivity index (χ1) is 10.2. The molecule has 0 aromatic heterocycles. The topological polar surface area (TPSA) is 84.7 Å². The minimum atomic E-state index is -0.473. The normalized spacial score (nSPS) is 15.1. The average molecular weight is 307 g/mol. The van der Waals surface area contributed by atoms with Gasteiger partial charge in [-0.25, -0.2) is 4.79 Å². The second-order valence-corrected chi connectivity index (χ2v) is 6.44. The highest BCUT2D eigenvalue weighted by atomic mass is 16.6. The maximum atomic E-state index is 11.8. The summed E-state index contributed by atoms with van der Waals surface area (Å²) in [6, 6.07) is 6.30. The zero-order valence-electron chi connectivity index (χ0n) is 13.0. The Hall–Kier alpha value is -2.31. The lowest BCUT2D eigenvalue weighted by atomic mass is 10.0. The molecule has 0 aliphatic carbocycles. The Morgan fingerprint density at radius 3 is 2.45 bits per heavy atom. The Bertz CT molecular complexity index is 545. The SMILES string of the molecule is CC(C)(C)OC(=O)N1CC(CNc2ccc([N+](=O)[O-])cc2)C1. The Labute approximate surface area is 129 Å². The lowest BCUT2D eigenvalue weighted by Gasteiger charge is -2.39. The molecule has 0 unspecified atom stereocenters. The van der Waals surface area contributed by atoms with Crippen molar-refractivity contribution in [3.8, 4) is 0 Å². The average Bonchev–Trinajstić information content (AvgIpc) is 2.35. The van der Waals surface area contributed by atoms with E-state index in [-0.39, 0.29) is 11.8 Å². The van der Waals surface area contributed by atoms with E-state index in [1.54, 1.807) is 17.0 Å². The molecule has 120 valence electrons. The van der Waals surface area contributed by atoms with Crippen LogP contribution in [0.4, 0.5) is 16.2 Å². The Morgan fingerprint density at radius 1 is 1.36 bits per heavy atom. The number of ether oxygens (including phenoxy) is 1. The van der Waals surface area contributed by atoms with Crippen LogP contribution in [-0.4, -0.2) is 41.2 Å². The number of nitrogens with zero attached hydrogens (tertiary/aromatic N) is 2. The smallest absolute Gasteiger partial charge is 0.410 e. The monoisotopic (exact) mass is 307 g/mol. The van der Waals surface area contributed by atoms with Gasteiger partial charge in [-0.2, -0.15) is 0 Å². The molecule has 1 N–H and O–H groups in total. The van der Waals surface area contributed by atoms with E-state index in [0.717, 1.165) is 12.2 Å². The third-order valence-corrected chi connectivity index (χ3v) is 3.28. The molecule has 2 rings (SSSR count). The van der Waals surface area contributed by atoms with Crippen LogP contribution >= 0.6 is 0 Å². The molecule has 0 spiro atoms. The van der Waals surface area contributed by atoms with Gasteiger partial charge in [-0.05, 0) is 32.9 Å². The number of non-ortho nitro benzene ring substituents is 1. The second kappa shape index (κ2) is 6.21. The molecule has 1 heterocycles. The fourth-order valence-corrected chi connectivity index (χ4v) is 2.14. The van der Waals surface area contributed by atoms with Crippen molar-refractivity contribution in [1.82, 2.24) is 4.90 Å². The standard InChI is InChI=1S/C15H21N3O4/c1-15(2,3)22-14(19)17-9-11(10-17)8-16-12-4-6-13(7-5-12)18(20)21/h4-7,11,16H,8-10H2,1-3H3. The number of likely N-dealkylation sites (tertiary alicyclic amines) is 1. The van der Waals surface area contributed by atoms with Gasteiger partial charge in [-0.15, -0.1) is 0 Å². The van der Waals surface area contributed by atoms with Gasteiger partial charge in [-0.3, -0.25) is 10.1 Å². The molecular formula is C15H21N3O4. The lowest BCUT2D eigenvalue weighted by molar-refractivity contribution is -0.384. The zero-order valence-corrected chi connectivity index (χ0v) is 13.0. The first-order valence-electron chi connectivity index (χ1n) is 7.21. The van der Waals surface area contributed by atoms with Crippen molar-refractivity contribution in [3.05, 3.63) is 34.4 Å². The highest BCUT2D eigenvalue weighted by molar-refractivity contribution is 5.69. The molecule has 7 nitrogen and oxygen atoms in total. The Morgan fingerprint density at radius 2 is 1.95 bits per heavy atom. The number of carbonyl (C=O) groups excluding carboxylic acids is 1. The van der Waals surface area contributed by atoms with Gasteiger partial charge in [0, 0.05) is 43.4 Å². The molecule has 1 aliphatic heterocycles. The predicted molar refractivity (Wildman–Crippen MR) is 82.9 cm³/mol. The van der Waals surface area contributed by atoms with Crippen molar-refractivity contribution in [3.63, 3.8) is 0 Å².